The molecule has 1 atom stereocenters. The zero-order valence-corrected chi connectivity index (χ0v) is 16.4. The first-order chi connectivity index (χ1) is 13.6. The Balaban J connectivity index is 1.39. The molecule has 0 aliphatic carbocycles. The molecule has 2 amide bonds. The molecule has 2 aliphatic heterocycles. The third kappa shape index (κ3) is 3.88. The van der Waals surface area contributed by atoms with E-state index in [9.17, 15) is 9.59 Å². The second-order valence-corrected chi connectivity index (χ2v) is 7.78. The summed E-state index contributed by atoms with van der Waals surface area (Å²) in [5.41, 5.74) is 3.94. The summed E-state index contributed by atoms with van der Waals surface area (Å²) >= 11 is 0. The highest BCUT2D eigenvalue weighted by Crippen LogP contribution is 2.29. The topological polar surface area (TPSA) is 52.7 Å². The number of para-hydroxylation sites is 1. The van der Waals surface area contributed by atoms with Gasteiger partial charge in [0.2, 0.25) is 11.8 Å². The molecule has 2 aliphatic rings. The molecule has 28 heavy (non-hydrogen) atoms. The Morgan fingerprint density at radius 3 is 2.43 bits per heavy atom. The summed E-state index contributed by atoms with van der Waals surface area (Å²) in [5.74, 6) is -0.404. The maximum atomic E-state index is 12.7. The summed E-state index contributed by atoms with van der Waals surface area (Å²) in [4.78, 5) is 29.3. The van der Waals surface area contributed by atoms with E-state index < -0.39 is 0 Å². The van der Waals surface area contributed by atoms with Crippen molar-refractivity contribution < 1.29 is 9.59 Å². The summed E-state index contributed by atoms with van der Waals surface area (Å²) in [6.07, 6.45) is 4.05. The van der Waals surface area contributed by atoms with Gasteiger partial charge in [-0.3, -0.25) is 9.59 Å². The fraction of sp³-hybridized carbons (Fsp3) is 0.391. The van der Waals surface area contributed by atoms with Crippen LogP contribution in [0.15, 0.2) is 48.5 Å². The molecule has 1 unspecified atom stereocenters. The van der Waals surface area contributed by atoms with Crippen LogP contribution >= 0.6 is 0 Å². The standard InChI is InChI=1S/C23H27N3O2/c1-17-7-3-4-8-21(17)26-16-18(15-22(26)27)23(28)24-19-9-11-20(12-10-19)25-13-5-2-6-14-25/h3-4,7-12,18H,2,5-6,13-16H2,1H3,(H,24,28). The summed E-state index contributed by atoms with van der Waals surface area (Å²) in [6, 6.07) is 15.9. The number of hydrogen-bond acceptors (Lipinski definition) is 3. The van der Waals surface area contributed by atoms with E-state index in [0.29, 0.717) is 6.54 Å². The van der Waals surface area contributed by atoms with Crippen LogP contribution in [0.1, 0.15) is 31.2 Å². The number of anilines is 3. The number of rotatable bonds is 4. The highest BCUT2D eigenvalue weighted by atomic mass is 16.2. The summed E-state index contributed by atoms with van der Waals surface area (Å²) in [6.45, 7) is 4.62. The second-order valence-electron chi connectivity index (χ2n) is 7.78. The van der Waals surface area contributed by atoms with E-state index in [2.05, 4.69) is 22.3 Å². The molecule has 2 aromatic rings. The molecule has 0 radical (unpaired) electrons. The lowest BCUT2D eigenvalue weighted by molar-refractivity contribution is -0.122. The van der Waals surface area contributed by atoms with Gasteiger partial charge in [-0.2, -0.15) is 0 Å². The highest BCUT2D eigenvalue weighted by Gasteiger charge is 2.35. The van der Waals surface area contributed by atoms with Gasteiger partial charge in [-0.15, -0.1) is 0 Å². The molecule has 2 fully saturated rings. The average molecular weight is 377 g/mol. The van der Waals surface area contributed by atoms with Crippen LogP contribution in [0.2, 0.25) is 0 Å². The van der Waals surface area contributed by atoms with Crippen molar-refractivity contribution in [3.8, 4) is 0 Å². The van der Waals surface area contributed by atoms with Gasteiger partial charge in [0.25, 0.3) is 0 Å². The second kappa shape index (κ2) is 8.05. The minimum Gasteiger partial charge on any atom is -0.372 e. The van der Waals surface area contributed by atoms with Gasteiger partial charge in [-0.1, -0.05) is 18.2 Å². The van der Waals surface area contributed by atoms with Gasteiger partial charge >= 0.3 is 0 Å². The Hall–Kier alpha value is -2.82. The molecule has 2 saturated heterocycles. The van der Waals surface area contributed by atoms with Crippen molar-refractivity contribution in [3.63, 3.8) is 0 Å². The molecule has 146 valence electrons. The molecule has 5 heteroatoms. The van der Waals surface area contributed by atoms with Gasteiger partial charge in [-0.25, -0.2) is 0 Å². The lowest BCUT2D eigenvalue weighted by atomic mass is 10.1. The number of hydrogen-bond donors (Lipinski definition) is 1. The Morgan fingerprint density at radius 1 is 1.00 bits per heavy atom. The van der Waals surface area contributed by atoms with E-state index in [4.69, 9.17) is 0 Å². The van der Waals surface area contributed by atoms with Crippen LogP contribution in [0.4, 0.5) is 17.1 Å². The van der Waals surface area contributed by atoms with Gasteiger partial charge in [-0.05, 0) is 62.1 Å². The minimum absolute atomic E-state index is 0.00916. The van der Waals surface area contributed by atoms with Gasteiger partial charge in [0.1, 0.15) is 0 Å². The third-order valence-corrected chi connectivity index (χ3v) is 5.76. The number of piperidine rings is 1. The number of benzene rings is 2. The van der Waals surface area contributed by atoms with Crippen molar-refractivity contribution in [2.24, 2.45) is 5.92 Å². The van der Waals surface area contributed by atoms with Crippen molar-refractivity contribution in [3.05, 3.63) is 54.1 Å². The van der Waals surface area contributed by atoms with Crippen LogP contribution in [0.25, 0.3) is 0 Å². The Morgan fingerprint density at radius 2 is 1.71 bits per heavy atom. The molecular weight excluding hydrogens is 350 g/mol. The predicted octanol–water partition coefficient (Wildman–Crippen LogP) is 3.98. The lowest BCUT2D eigenvalue weighted by Crippen LogP contribution is -2.29. The zero-order valence-electron chi connectivity index (χ0n) is 16.4. The predicted molar refractivity (Wildman–Crippen MR) is 113 cm³/mol. The van der Waals surface area contributed by atoms with Gasteiger partial charge < -0.3 is 15.1 Å². The normalized spacial score (nSPS) is 19.8. The van der Waals surface area contributed by atoms with E-state index >= 15 is 0 Å². The third-order valence-electron chi connectivity index (χ3n) is 5.76. The largest absolute Gasteiger partial charge is 0.372 e. The molecule has 0 saturated carbocycles. The van der Waals surface area contributed by atoms with E-state index in [1.165, 1.54) is 24.9 Å². The van der Waals surface area contributed by atoms with Crippen molar-refractivity contribution in [1.29, 1.82) is 0 Å². The fourth-order valence-corrected chi connectivity index (χ4v) is 4.13. The summed E-state index contributed by atoms with van der Waals surface area (Å²) in [5, 5.41) is 2.98. The first-order valence-electron chi connectivity index (χ1n) is 10.1. The maximum Gasteiger partial charge on any atom is 0.229 e. The van der Waals surface area contributed by atoms with Crippen LogP contribution in [0.5, 0.6) is 0 Å². The number of aryl methyl sites for hydroxylation is 1. The van der Waals surface area contributed by atoms with E-state index in [0.717, 1.165) is 30.0 Å². The molecular formula is C23H27N3O2. The fourth-order valence-electron chi connectivity index (χ4n) is 4.13. The van der Waals surface area contributed by atoms with Crippen molar-refractivity contribution in [2.75, 3.05) is 34.8 Å². The molecule has 5 nitrogen and oxygen atoms in total. The van der Waals surface area contributed by atoms with Crippen molar-refractivity contribution >= 4 is 28.9 Å². The highest BCUT2D eigenvalue weighted by molar-refractivity contribution is 6.03. The molecule has 2 aromatic carbocycles. The van der Waals surface area contributed by atoms with Gasteiger partial charge in [0.15, 0.2) is 0 Å². The van der Waals surface area contributed by atoms with Crippen LogP contribution in [-0.4, -0.2) is 31.4 Å². The average Bonchev–Trinajstić information content (AvgIpc) is 3.11. The maximum absolute atomic E-state index is 12.7. The minimum atomic E-state index is -0.325. The van der Waals surface area contributed by atoms with Crippen LogP contribution in [0, 0.1) is 12.8 Å². The number of carbonyl (C=O) groups is 2. The van der Waals surface area contributed by atoms with E-state index in [1.807, 2.05) is 43.3 Å². The quantitative estimate of drug-likeness (QED) is 0.877. The van der Waals surface area contributed by atoms with Crippen molar-refractivity contribution in [1.82, 2.24) is 0 Å². The first-order valence-corrected chi connectivity index (χ1v) is 10.1. The number of amides is 2. The van der Waals surface area contributed by atoms with E-state index in [-0.39, 0.29) is 24.2 Å². The number of carbonyl (C=O) groups excluding carboxylic acids is 2. The van der Waals surface area contributed by atoms with Crippen LogP contribution in [-0.2, 0) is 9.59 Å². The Kier molecular flexibility index (Phi) is 5.33. The van der Waals surface area contributed by atoms with Crippen molar-refractivity contribution in [2.45, 2.75) is 32.6 Å². The molecule has 2 heterocycles. The van der Waals surface area contributed by atoms with Gasteiger partial charge in [0.05, 0.1) is 5.92 Å². The lowest BCUT2D eigenvalue weighted by Gasteiger charge is -2.28. The van der Waals surface area contributed by atoms with Crippen LogP contribution < -0.4 is 15.1 Å². The monoisotopic (exact) mass is 377 g/mol. The van der Waals surface area contributed by atoms with Gasteiger partial charge in [0, 0.05) is 43.1 Å². The molecule has 1 N–H and O–H groups in total. The SMILES string of the molecule is Cc1ccccc1N1CC(C(=O)Nc2ccc(N3CCCCC3)cc2)CC1=O. The first kappa shape index (κ1) is 18.5. The Labute approximate surface area is 166 Å². The van der Waals surface area contributed by atoms with Crippen LogP contribution in [0.3, 0.4) is 0 Å². The summed E-state index contributed by atoms with van der Waals surface area (Å²) in [7, 11) is 0. The molecule has 0 aromatic heterocycles. The summed E-state index contributed by atoms with van der Waals surface area (Å²) < 4.78 is 0. The Bertz CT molecular complexity index is 856. The molecule has 0 bridgehead atoms. The molecule has 0 spiro atoms. The zero-order chi connectivity index (χ0) is 19.5. The number of nitrogens with zero attached hydrogens (tertiary/aromatic N) is 2. The smallest absolute Gasteiger partial charge is 0.229 e. The van der Waals surface area contributed by atoms with E-state index in [1.54, 1.807) is 4.90 Å². The number of nitrogens with one attached hydrogen (secondary N) is 1. The molecule has 4 rings (SSSR count).